The van der Waals surface area contributed by atoms with Gasteiger partial charge in [-0.1, -0.05) is 133 Å². The van der Waals surface area contributed by atoms with Gasteiger partial charge in [0.15, 0.2) is 0 Å². The molecule has 5 heterocycles. The summed E-state index contributed by atoms with van der Waals surface area (Å²) in [5.74, 6) is -0.505. The van der Waals surface area contributed by atoms with Crippen molar-refractivity contribution in [2.45, 2.75) is 117 Å². The number of β-amino-alcohol motifs (C(OH)–C–C–N with tert-alkyl or cyclic N) is 1. The third-order valence-electron chi connectivity index (χ3n) is 21.5. The Kier molecular flexibility index (Phi) is 45.7. The molecule has 732 valence electrons. The summed E-state index contributed by atoms with van der Waals surface area (Å²) < 4.78 is 4.69. The van der Waals surface area contributed by atoms with Crippen LogP contribution < -0.4 is 97.8 Å². The van der Waals surface area contributed by atoms with E-state index >= 15 is 0 Å². The van der Waals surface area contributed by atoms with E-state index in [9.17, 15) is 67.4 Å². The molecule has 40 heteroatoms. The average molecular weight is 1890 g/mol. The summed E-state index contributed by atoms with van der Waals surface area (Å²) in [4.78, 5) is 169. The van der Waals surface area contributed by atoms with Crippen LogP contribution in [0.1, 0.15) is 103 Å². The lowest BCUT2D eigenvalue weighted by Crippen LogP contribution is -2.49. The summed E-state index contributed by atoms with van der Waals surface area (Å²) in [6, 6.07) is 60.6. The number of esters is 1. The minimum Gasteiger partial charge on any atom is -0.465 e. The number of likely N-dealkylation sites (tertiary alicyclic amines) is 4. The van der Waals surface area contributed by atoms with Crippen LogP contribution >= 0.6 is 0 Å². The third-order valence-corrected chi connectivity index (χ3v) is 21.5. The number of carbonyl (C=O) groups is 13. The predicted octanol–water partition coefficient (Wildman–Crippen LogP) is 5.71. The molecule has 0 spiro atoms. The Morgan fingerprint density at radius 2 is 0.701 bits per heavy atom. The Hall–Kier alpha value is -15.9. The van der Waals surface area contributed by atoms with Gasteiger partial charge in [0.25, 0.3) is 0 Å². The summed E-state index contributed by atoms with van der Waals surface area (Å²) in [6.07, 6.45) is 6.93. The molecule has 8 aromatic carbocycles. The number of aromatic nitrogens is 2. The fourth-order valence-electron chi connectivity index (χ4n) is 13.9. The van der Waals surface area contributed by atoms with Crippen LogP contribution in [-0.4, -0.2) is 229 Å². The van der Waals surface area contributed by atoms with Gasteiger partial charge in [-0.15, -0.1) is 0 Å². The first-order chi connectivity index (χ1) is 66.1. The van der Waals surface area contributed by atoms with E-state index in [1.54, 1.807) is 94.2 Å². The summed E-state index contributed by atoms with van der Waals surface area (Å²) in [5.41, 5.74) is 39.9. The van der Waals surface area contributed by atoms with Gasteiger partial charge in [-0.3, -0.25) is 33.6 Å². The Morgan fingerprint density at radius 1 is 0.365 bits per heavy atom. The van der Waals surface area contributed by atoms with Gasteiger partial charge < -0.3 is 137 Å². The number of anilines is 5. The summed E-state index contributed by atoms with van der Waals surface area (Å²) in [5, 5.41) is 43.5. The first-order valence-electron chi connectivity index (χ1n) is 45.4. The molecule has 4 aliphatic heterocycles. The SMILES string of the molecule is CCOC(=O)CNC(=O)NCc1nc2ccccc2[nH]1.CN(Cc1ccccc1)C(=O)CNC(=O)NCc1ccc(N)cc1.Nc1ccc(CNC(=O)NCC(=O)N2CCCC(C(=O)N3CCCC3)C2)cc1.Nc1ccc(CNC(=O)NCC(=O)N2CCCC(O)C2)cc1.Nc1ccc(CNC(=O)NCC(=O)N2CCCC2)cc1.Nc1ccc(CNC(=O)NCC(=O)NCc2ccccc2)cc1. The van der Waals surface area contributed by atoms with Crippen molar-refractivity contribution >= 4 is 117 Å². The van der Waals surface area contributed by atoms with Crippen LogP contribution in [0.2, 0.25) is 0 Å². The van der Waals surface area contributed by atoms with Crippen molar-refractivity contribution in [2.75, 3.05) is 134 Å². The molecule has 2 unspecified atom stereocenters. The lowest BCUT2D eigenvalue weighted by atomic mass is 9.96. The maximum absolute atomic E-state index is 12.6. The molecule has 2 atom stereocenters. The molecule has 0 aliphatic carbocycles. The average Bonchev–Trinajstić information content (AvgIpc) is 1.79. The maximum atomic E-state index is 12.6. The second-order valence-electron chi connectivity index (χ2n) is 32.4. The lowest BCUT2D eigenvalue weighted by Gasteiger charge is -2.34. The molecule has 4 aliphatic rings. The third kappa shape index (κ3) is 42.3. The van der Waals surface area contributed by atoms with E-state index in [1.807, 2.05) is 150 Å². The standard InChI is InChI=1S/C20H29N5O3.C18H22N4O2.C17H20N4O2.C15H22N4O3.C14H20N4O2.C13H16N4O3/c21-17-7-5-15(6-8-17)12-22-20(28)23-13-18(26)25-11-3-4-16(14-25)19(27)24-9-1-2-10-24;1-22(13-15-5-3-2-4-6-15)17(23)12-21-18(24)20-11-14-7-9-16(19)10-8-14;18-15-8-6-14(7-9-15)11-20-17(23)21-12-16(22)19-10-13-4-2-1-3-5-13;16-12-5-3-11(4-6-12)8-17-15(22)18-9-14(21)19-7-1-2-13(20)10-19;15-12-5-3-11(4-6-12)9-16-14(20)17-10-13(19)18-7-1-2-8-18;1-2-20-12(18)8-15-13(19)14-7-11-16-9-5-3-4-6-10(9)17-11/h5-8,16H,1-4,9-14,21H2,(H2,22,23,28);2-10H,11-13,19H2,1H3,(H2,20,21,24);1-9H,10-12,18H2,(H,19,22)(H2,20,21,23);3-6,13,20H,1-2,7-10,16H2,(H2,17,18,22);3-6H,1-2,7-10,15H2,(H2,16,17,20);3-6H,2,7-8H2,1H3,(H,16,17)(H2,14,15,19). The van der Waals surface area contributed by atoms with E-state index in [-0.39, 0.29) is 99.2 Å². The number of aromatic amines is 1. The molecular formula is C97H129N25O15. The van der Waals surface area contributed by atoms with E-state index in [0.29, 0.717) is 113 Å². The quantitative estimate of drug-likeness (QED) is 0.0189. The largest absolute Gasteiger partial charge is 0.465 e. The number of aliphatic hydroxyl groups is 1. The molecule has 137 heavy (non-hydrogen) atoms. The van der Waals surface area contributed by atoms with Gasteiger partial charge in [0, 0.05) is 134 Å². The van der Waals surface area contributed by atoms with E-state index in [2.05, 4.69) is 79.1 Å². The number of rotatable bonds is 30. The molecule has 18 amide bonds. The van der Waals surface area contributed by atoms with Crippen molar-refractivity contribution in [1.29, 1.82) is 0 Å². The minimum absolute atomic E-state index is 0.0230. The Balaban J connectivity index is 0.000000203. The number of carbonyl (C=O) groups excluding carboxylic acids is 13. The summed E-state index contributed by atoms with van der Waals surface area (Å²) in [7, 11) is 1.71. The van der Waals surface area contributed by atoms with Crippen molar-refractivity contribution in [3.63, 3.8) is 0 Å². The zero-order valence-electron chi connectivity index (χ0n) is 77.4. The Morgan fingerprint density at radius 3 is 1.12 bits per heavy atom. The minimum atomic E-state index is -0.466. The predicted molar refractivity (Wildman–Crippen MR) is 522 cm³/mol. The monoisotopic (exact) mass is 1880 g/mol. The van der Waals surface area contributed by atoms with Crippen molar-refractivity contribution in [3.8, 4) is 0 Å². The lowest BCUT2D eigenvalue weighted by molar-refractivity contribution is -0.142. The van der Waals surface area contributed by atoms with Gasteiger partial charge in [0.2, 0.25) is 35.4 Å². The topological polar surface area (TPSA) is 583 Å². The number of nitrogen functional groups attached to an aromatic ring is 5. The first kappa shape index (κ1) is 106. The van der Waals surface area contributed by atoms with E-state index in [1.165, 1.54) is 0 Å². The molecule has 0 saturated carbocycles. The zero-order valence-corrected chi connectivity index (χ0v) is 77.4. The number of benzene rings is 8. The van der Waals surface area contributed by atoms with Crippen molar-refractivity contribution in [1.82, 2.24) is 104 Å². The number of hydrogen-bond donors (Lipinski definition) is 20. The second kappa shape index (κ2) is 58.9. The first-order valence-corrected chi connectivity index (χ1v) is 45.4. The van der Waals surface area contributed by atoms with Gasteiger partial charge in [-0.2, -0.15) is 0 Å². The molecular weight excluding hydrogens is 1760 g/mol. The highest BCUT2D eigenvalue weighted by molar-refractivity contribution is 5.88. The van der Waals surface area contributed by atoms with Crippen molar-refractivity contribution in [2.24, 2.45) is 5.92 Å². The Labute approximate surface area is 796 Å². The molecule has 25 N–H and O–H groups in total. The molecule has 4 fully saturated rings. The van der Waals surface area contributed by atoms with Crippen molar-refractivity contribution in [3.05, 3.63) is 251 Å². The van der Waals surface area contributed by atoms with Gasteiger partial charge >= 0.3 is 42.2 Å². The number of nitrogens with zero attached hydrogens (tertiary/aromatic N) is 6. The van der Waals surface area contributed by atoms with Crippen LogP contribution in [0.25, 0.3) is 11.0 Å². The normalized spacial score (nSPS) is 13.8. The maximum Gasteiger partial charge on any atom is 0.325 e. The number of piperidine rings is 2. The van der Waals surface area contributed by atoms with Crippen LogP contribution in [0.5, 0.6) is 0 Å². The summed E-state index contributed by atoms with van der Waals surface area (Å²) in [6.45, 7) is 10.0. The molecule has 13 rings (SSSR count). The number of hydrogen-bond acceptors (Lipinski definition) is 21. The number of H-pyrrole nitrogens is 1. The van der Waals surface area contributed by atoms with E-state index in [0.717, 1.165) is 128 Å². The number of imidazole rings is 1. The summed E-state index contributed by atoms with van der Waals surface area (Å²) >= 11 is 0. The Bertz CT molecular complexity index is 5250. The van der Waals surface area contributed by atoms with E-state index in [4.69, 9.17) is 33.4 Å². The van der Waals surface area contributed by atoms with E-state index < -0.39 is 36.2 Å². The highest BCUT2D eigenvalue weighted by Gasteiger charge is 2.33. The number of para-hydroxylation sites is 2. The number of nitrogens with one attached hydrogen (secondary N) is 14. The number of amides is 18. The molecule has 9 aromatic rings. The van der Waals surface area contributed by atoms with Crippen LogP contribution in [0.4, 0.5) is 57.2 Å². The molecule has 4 saturated heterocycles. The molecule has 1 aromatic heterocycles. The number of ether oxygens (including phenoxy) is 1. The van der Waals surface area contributed by atoms with Crippen LogP contribution in [0.3, 0.4) is 0 Å². The number of nitrogens with two attached hydrogens (primary N) is 5. The zero-order chi connectivity index (χ0) is 98.5. The van der Waals surface area contributed by atoms with Gasteiger partial charge in [-0.05, 0) is 170 Å². The number of urea groups is 6. The van der Waals surface area contributed by atoms with Gasteiger partial charge in [0.05, 0.1) is 68.9 Å². The van der Waals surface area contributed by atoms with Crippen molar-refractivity contribution < 1.29 is 72.2 Å². The molecule has 0 bridgehead atoms. The van der Waals surface area contributed by atoms with Gasteiger partial charge in [0.1, 0.15) is 12.4 Å². The number of aliphatic hydroxyl groups excluding tert-OH is 1. The second-order valence-corrected chi connectivity index (χ2v) is 32.4. The van der Waals surface area contributed by atoms with Crippen LogP contribution in [-0.2, 0) is 90.7 Å². The van der Waals surface area contributed by atoms with Gasteiger partial charge in [-0.25, -0.2) is 33.8 Å². The fraction of sp³-hybridized carbons (Fsp3) is 0.361. The fourth-order valence-corrected chi connectivity index (χ4v) is 13.9. The highest BCUT2D eigenvalue weighted by Crippen LogP contribution is 2.22. The smallest absolute Gasteiger partial charge is 0.325 e. The molecule has 0 radical (unpaired) electrons. The highest BCUT2D eigenvalue weighted by atomic mass is 16.5. The number of likely N-dealkylation sites (N-methyl/N-ethyl adjacent to an activating group) is 1. The van der Waals surface area contributed by atoms with Crippen LogP contribution in [0, 0.1) is 5.92 Å². The van der Waals surface area contributed by atoms with Crippen LogP contribution in [0.15, 0.2) is 206 Å². The number of fused-ring (bicyclic) bond motifs is 1. The molecule has 40 nitrogen and oxygen atoms in total.